The molecule has 0 unspecified atom stereocenters. The van der Waals surface area contributed by atoms with E-state index in [9.17, 15) is 19.1 Å². The molecule has 2 saturated heterocycles. The first-order chi connectivity index (χ1) is 10.5. The summed E-state index contributed by atoms with van der Waals surface area (Å²) < 4.78 is 19.9. The van der Waals surface area contributed by atoms with Crippen LogP contribution in [0.15, 0.2) is 18.2 Å². The number of carbonyl (C=O) groups is 2. The summed E-state index contributed by atoms with van der Waals surface area (Å²) in [6.45, 7) is 1.16. The number of fused-ring (bicyclic) bond motifs is 1. The van der Waals surface area contributed by atoms with Crippen molar-refractivity contribution < 1.29 is 23.8 Å². The summed E-state index contributed by atoms with van der Waals surface area (Å²) in [7, 11) is 1.37. The summed E-state index contributed by atoms with van der Waals surface area (Å²) in [5.41, 5.74) is -1.52. The van der Waals surface area contributed by atoms with Crippen molar-refractivity contribution in [2.45, 2.75) is 12.1 Å². The molecule has 0 bridgehead atoms. The van der Waals surface area contributed by atoms with Gasteiger partial charge in [0.15, 0.2) is 5.67 Å². The number of aromatic carboxylic acids is 1. The van der Waals surface area contributed by atoms with Gasteiger partial charge in [-0.1, -0.05) is 0 Å². The molecule has 0 spiro atoms. The lowest BCUT2D eigenvalue weighted by molar-refractivity contribution is -0.130. The van der Waals surface area contributed by atoms with Crippen LogP contribution in [0.25, 0.3) is 0 Å². The number of hydrogen-bond donors (Lipinski definition) is 2. The number of piperidine rings is 1. The van der Waals surface area contributed by atoms with Gasteiger partial charge in [0.25, 0.3) is 5.91 Å². The fourth-order valence-corrected chi connectivity index (χ4v) is 3.18. The Morgan fingerprint density at radius 3 is 2.95 bits per heavy atom. The molecular formula is C15H17FN2O4. The molecule has 2 fully saturated rings. The van der Waals surface area contributed by atoms with Gasteiger partial charge >= 0.3 is 5.97 Å². The molecule has 1 aromatic carbocycles. The summed E-state index contributed by atoms with van der Waals surface area (Å²) in [6.07, 6.45) is 0.148. The molecule has 1 amide bonds. The molecule has 6 nitrogen and oxygen atoms in total. The largest absolute Gasteiger partial charge is 0.496 e. The molecule has 2 heterocycles. The van der Waals surface area contributed by atoms with E-state index in [2.05, 4.69) is 5.32 Å². The maximum Gasteiger partial charge on any atom is 0.339 e. The summed E-state index contributed by atoms with van der Waals surface area (Å²) in [6, 6.07) is 4.42. The molecule has 0 aliphatic carbocycles. The Morgan fingerprint density at radius 2 is 2.32 bits per heavy atom. The van der Waals surface area contributed by atoms with E-state index in [0.29, 0.717) is 18.8 Å². The zero-order chi connectivity index (χ0) is 15.9. The number of amides is 1. The Hall–Kier alpha value is -2.15. The van der Waals surface area contributed by atoms with Crippen LogP contribution in [0.3, 0.4) is 0 Å². The van der Waals surface area contributed by atoms with E-state index in [1.165, 1.54) is 24.1 Å². The van der Waals surface area contributed by atoms with Gasteiger partial charge in [-0.3, -0.25) is 4.79 Å². The molecule has 3 rings (SSSR count). The fourth-order valence-electron chi connectivity index (χ4n) is 3.18. The number of carboxylic acids is 1. The third kappa shape index (κ3) is 2.12. The van der Waals surface area contributed by atoms with Crippen molar-refractivity contribution in [3.63, 3.8) is 0 Å². The number of benzene rings is 1. The van der Waals surface area contributed by atoms with E-state index in [-0.39, 0.29) is 24.3 Å². The van der Waals surface area contributed by atoms with Crippen molar-refractivity contribution in [1.82, 2.24) is 5.32 Å². The Balaban J connectivity index is 1.96. The van der Waals surface area contributed by atoms with Gasteiger partial charge in [-0.2, -0.15) is 0 Å². The second-order valence-corrected chi connectivity index (χ2v) is 5.62. The van der Waals surface area contributed by atoms with E-state index >= 15 is 0 Å². The van der Waals surface area contributed by atoms with Crippen molar-refractivity contribution in [2.75, 3.05) is 31.6 Å². The standard InChI is InChI=1S/C15H17FN2O4/c1-22-12-3-2-10(6-11(12)13(19)20)18-8-9-7-17-5-4-15(9,16)14(18)21/h2-3,6,9,17H,4-5,7-8H2,1H3,(H,19,20)/t9-,15+/m0/s1. The maximum atomic E-state index is 14.9. The normalized spacial score (nSPS) is 27.6. The van der Waals surface area contributed by atoms with Gasteiger partial charge in [-0.15, -0.1) is 0 Å². The van der Waals surface area contributed by atoms with Gasteiger partial charge in [0.1, 0.15) is 11.3 Å². The Kier molecular flexibility index (Phi) is 3.52. The van der Waals surface area contributed by atoms with Crippen LogP contribution in [0.5, 0.6) is 5.75 Å². The summed E-state index contributed by atoms with van der Waals surface area (Å²) in [4.78, 5) is 25.1. The molecule has 1 aromatic rings. The van der Waals surface area contributed by atoms with Crippen LogP contribution < -0.4 is 15.0 Å². The summed E-state index contributed by atoms with van der Waals surface area (Å²) >= 11 is 0. The van der Waals surface area contributed by atoms with Crippen molar-refractivity contribution in [1.29, 1.82) is 0 Å². The molecule has 118 valence electrons. The van der Waals surface area contributed by atoms with Crippen molar-refractivity contribution in [3.05, 3.63) is 23.8 Å². The average Bonchev–Trinajstić information content (AvgIpc) is 2.79. The lowest BCUT2D eigenvalue weighted by atomic mass is 9.86. The van der Waals surface area contributed by atoms with Crippen LogP contribution in [0.4, 0.5) is 10.1 Å². The minimum atomic E-state index is -1.85. The van der Waals surface area contributed by atoms with E-state index in [4.69, 9.17) is 4.74 Å². The predicted octanol–water partition coefficient (Wildman–Crippen LogP) is 1.06. The minimum Gasteiger partial charge on any atom is -0.496 e. The lowest BCUT2D eigenvalue weighted by Crippen LogP contribution is -2.49. The van der Waals surface area contributed by atoms with E-state index in [1.807, 2.05) is 0 Å². The Bertz CT molecular complexity index is 636. The Morgan fingerprint density at radius 1 is 1.55 bits per heavy atom. The number of anilines is 1. The SMILES string of the molecule is COc1ccc(N2C[C@@H]3CNCC[C@]3(F)C2=O)cc1C(=O)O. The molecule has 0 radical (unpaired) electrons. The van der Waals surface area contributed by atoms with Crippen LogP contribution in [0.2, 0.25) is 0 Å². The highest BCUT2D eigenvalue weighted by atomic mass is 19.1. The number of methoxy groups -OCH3 is 1. The first kappa shape index (κ1) is 14.8. The summed E-state index contributed by atoms with van der Waals surface area (Å²) in [5, 5.41) is 12.3. The highest BCUT2D eigenvalue weighted by molar-refractivity contribution is 6.03. The fraction of sp³-hybridized carbons (Fsp3) is 0.467. The highest BCUT2D eigenvalue weighted by Crippen LogP contribution is 2.40. The molecule has 0 aromatic heterocycles. The first-order valence-electron chi connectivity index (χ1n) is 7.10. The predicted molar refractivity (Wildman–Crippen MR) is 77.1 cm³/mol. The molecule has 2 atom stereocenters. The van der Waals surface area contributed by atoms with E-state index in [0.717, 1.165) is 0 Å². The minimum absolute atomic E-state index is 0.0475. The van der Waals surface area contributed by atoms with Gasteiger partial charge in [0, 0.05) is 31.1 Å². The summed E-state index contributed by atoms with van der Waals surface area (Å²) in [5.74, 6) is -1.94. The van der Waals surface area contributed by atoms with E-state index in [1.54, 1.807) is 6.07 Å². The number of nitrogens with zero attached hydrogens (tertiary/aromatic N) is 1. The van der Waals surface area contributed by atoms with Gasteiger partial charge in [0.2, 0.25) is 0 Å². The van der Waals surface area contributed by atoms with Gasteiger partial charge in [-0.05, 0) is 24.7 Å². The number of nitrogens with one attached hydrogen (secondary N) is 1. The van der Waals surface area contributed by atoms with Crippen LogP contribution in [-0.4, -0.2) is 49.4 Å². The number of ether oxygens (including phenoxy) is 1. The average molecular weight is 308 g/mol. The molecular weight excluding hydrogens is 291 g/mol. The molecule has 2 aliphatic rings. The van der Waals surface area contributed by atoms with Gasteiger partial charge < -0.3 is 20.1 Å². The van der Waals surface area contributed by atoms with Crippen molar-refractivity contribution >= 4 is 17.6 Å². The topological polar surface area (TPSA) is 78.9 Å². The quantitative estimate of drug-likeness (QED) is 0.873. The molecule has 7 heteroatoms. The smallest absolute Gasteiger partial charge is 0.339 e. The van der Waals surface area contributed by atoms with Crippen LogP contribution in [-0.2, 0) is 4.79 Å². The third-order valence-corrected chi connectivity index (χ3v) is 4.43. The maximum absolute atomic E-state index is 14.9. The monoisotopic (exact) mass is 308 g/mol. The van der Waals surface area contributed by atoms with Crippen molar-refractivity contribution in [2.24, 2.45) is 5.92 Å². The zero-order valence-electron chi connectivity index (χ0n) is 12.1. The molecule has 22 heavy (non-hydrogen) atoms. The lowest BCUT2D eigenvalue weighted by Gasteiger charge is -2.29. The van der Waals surface area contributed by atoms with Crippen LogP contribution in [0.1, 0.15) is 16.8 Å². The number of halogens is 1. The first-order valence-corrected chi connectivity index (χ1v) is 7.10. The van der Waals surface area contributed by atoms with Gasteiger partial charge in [0.05, 0.1) is 7.11 Å². The number of carboxylic acid groups (broad SMARTS) is 1. The highest BCUT2D eigenvalue weighted by Gasteiger charge is 2.56. The number of hydrogen-bond acceptors (Lipinski definition) is 4. The second-order valence-electron chi connectivity index (χ2n) is 5.62. The molecule has 2 aliphatic heterocycles. The Labute approximate surface area is 126 Å². The van der Waals surface area contributed by atoms with Gasteiger partial charge in [-0.25, -0.2) is 9.18 Å². The number of carbonyl (C=O) groups excluding carboxylic acids is 1. The van der Waals surface area contributed by atoms with Crippen LogP contribution >= 0.6 is 0 Å². The number of alkyl halides is 1. The third-order valence-electron chi connectivity index (χ3n) is 4.43. The van der Waals surface area contributed by atoms with Crippen molar-refractivity contribution in [3.8, 4) is 5.75 Å². The number of rotatable bonds is 3. The molecule has 0 saturated carbocycles. The zero-order valence-corrected chi connectivity index (χ0v) is 12.1. The van der Waals surface area contributed by atoms with Crippen LogP contribution in [0, 0.1) is 5.92 Å². The van der Waals surface area contributed by atoms with E-state index < -0.39 is 23.5 Å². The molecule has 2 N–H and O–H groups in total. The second kappa shape index (κ2) is 5.24.